The largest absolute Gasteiger partial charge is 0.352 e. The highest BCUT2D eigenvalue weighted by atomic mass is 16.1. The predicted octanol–water partition coefficient (Wildman–Crippen LogP) is 2.57. The second-order valence-electron chi connectivity index (χ2n) is 6.15. The zero-order chi connectivity index (χ0) is 14.6. The highest BCUT2D eigenvalue weighted by Gasteiger charge is 2.16. The van der Waals surface area contributed by atoms with Crippen LogP contribution in [0.15, 0.2) is 12.1 Å². The summed E-state index contributed by atoms with van der Waals surface area (Å²) in [5.74, 6) is 0.0150. The van der Waals surface area contributed by atoms with Gasteiger partial charge in [0, 0.05) is 19.5 Å². The Labute approximate surface area is 116 Å². The Balaban J connectivity index is 2.89. The molecule has 1 amide bonds. The second-order valence-corrected chi connectivity index (χ2v) is 6.15. The van der Waals surface area contributed by atoms with Crippen molar-refractivity contribution in [3.63, 3.8) is 0 Å². The van der Waals surface area contributed by atoms with Crippen LogP contribution in [0.25, 0.3) is 0 Å². The number of benzene rings is 1. The molecule has 3 heteroatoms. The molecule has 0 fully saturated rings. The molecule has 0 unspecified atom stereocenters. The fourth-order valence-corrected chi connectivity index (χ4v) is 2.11. The Bertz CT molecular complexity index is 435. The van der Waals surface area contributed by atoms with Crippen molar-refractivity contribution in [1.82, 2.24) is 5.32 Å². The van der Waals surface area contributed by atoms with Gasteiger partial charge in [0.25, 0.3) is 0 Å². The molecule has 0 aliphatic rings. The van der Waals surface area contributed by atoms with Crippen LogP contribution in [0.1, 0.15) is 49.4 Å². The van der Waals surface area contributed by atoms with Crippen molar-refractivity contribution in [2.24, 2.45) is 5.73 Å². The van der Waals surface area contributed by atoms with Crippen LogP contribution in [0.4, 0.5) is 0 Å². The van der Waals surface area contributed by atoms with Gasteiger partial charge in [0.2, 0.25) is 5.91 Å². The van der Waals surface area contributed by atoms with Crippen LogP contribution >= 0.6 is 0 Å². The van der Waals surface area contributed by atoms with E-state index in [1.54, 1.807) is 0 Å². The summed E-state index contributed by atoms with van der Waals surface area (Å²) in [5, 5.41) is 2.92. The molecule has 0 saturated heterocycles. The first-order chi connectivity index (χ1) is 8.75. The van der Waals surface area contributed by atoms with Gasteiger partial charge in [0.1, 0.15) is 0 Å². The monoisotopic (exact) mass is 262 g/mol. The van der Waals surface area contributed by atoms with E-state index < -0.39 is 0 Å². The van der Waals surface area contributed by atoms with Gasteiger partial charge >= 0.3 is 0 Å². The van der Waals surface area contributed by atoms with Gasteiger partial charge in [-0.25, -0.2) is 0 Å². The molecule has 3 N–H and O–H groups in total. The number of hydrogen-bond donors (Lipinski definition) is 2. The number of carbonyl (C=O) groups excluding carboxylic acids is 1. The smallest absolute Gasteiger partial charge is 0.221 e. The standard InChI is InChI=1S/C16H26N2O/c1-11-8-13(16(3,4)5)9-12(2)14(11)10-18-15(19)6-7-17/h8-9H,6-7,10,17H2,1-5H3,(H,18,19). The van der Waals surface area contributed by atoms with Crippen LogP contribution in [-0.4, -0.2) is 12.5 Å². The lowest BCUT2D eigenvalue weighted by Gasteiger charge is -2.22. The summed E-state index contributed by atoms with van der Waals surface area (Å²) in [4.78, 5) is 11.5. The molecule has 0 saturated carbocycles. The van der Waals surface area contributed by atoms with Crippen molar-refractivity contribution in [2.45, 2.75) is 53.0 Å². The summed E-state index contributed by atoms with van der Waals surface area (Å²) in [6.07, 6.45) is 0.387. The maximum atomic E-state index is 11.5. The van der Waals surface area contributed by atoms with Crippen LogP contribution < -0.4 is 11.1 Å². The van der Waals surface area contributed by atoms with Gasteiger partial charge in [0.05, 0.1) is 0 Å². The lowest BCUT2D eigenvalue weighted by atomic mass is 9.84. The topological polar surface area (TPSA) is 55.1 Å². The first kappa shape index (κ1) is 15.7. The molecule has 1 rings (SSSR count). The highest BCUT2D eigenvalue weighted by molar-refractivity contribution is 5.76. The second kappa shape index (κ2) is 6.20. The van der Waals surface area contributed by atoms with Crippen molar-refractivity contribution in [1.29, 1.82) is 0 Å². The van der Waals surface area contributed by atoms with Crippen LogP contribution in [0.3, 0.4) is 0 Å². The molecule has 1 aromatic rings. The maximum absolute atomic E-state index is 11.5. The van der Waals surface area contributed by atoms with Gasteiger partial charge in [-0.05, 0) is 41.5 Å². The summed E-state index contributed by atoms with van der Waals surface area (Å²) in [5.41, 5.74) is 10.5. The number of nitrogens with two attached hydrogens (primary N) is 1. The van der Waals surface area contributed by atoms with Gasteiger partial charge in [-0.15, -0.1) is 0 Å². The van der Waals surface area contributed by atoms with E-state index in [4.69, 9.17) is 5.73 Å². The molecule has 0 atom stereocenters. The molecule has 19 heavy (non-hydrogen) atoms. The van der Waals surface area contributed by atoms with E-state index in [0.29, 0.717) is 19.5 Å². The maximum Gasteiger partial charge on any atom is 0.221 e. The number of nitrogens with one attached hydrogen (secondary N) is 1. The molecular formula is C16H26N2O. The van der Waals surface area contributed by atoms with E-state index in [-0.39, 0.29) is 11.3 Å². The Morgan fingerprint density at radius 3 is 2.16 bits per heavy atom. The van der Waals surface area contributed by atoms with E-state index in [2.05, 4.69) is 52.1 Å². The normalized spacial score (nSPS) is 11.5. The van der Waals surface area contributed by atoms with Crippen molar-refractivity contribution >= 4 is 5.91 Å². The van der Waals surface area contributed by atoms with Gasteiger partial charge in [0.15, 0.2) is 0 Å². The van der Waals surface area contributed by atoms with E-state index in [0.717, 1.165) is 0 Å². The molecule has 0 aromatic heterocycles. The lowest BCUT2D eigenvalue weighted by Crippen LogP contribution is -2.26. The van der Waals surface area contributed by atoms with E-state index in [1.807, 2.05) is 0 Å². The Morgan fingerprint density at radius 1 is 1.21 bits per heavy atom. The third kappa shape index (κ3) is 4.35. The Hall–Kier alpha value is -1.35. The van der Waals surface area contributed by atoms with E-state index in [9.17, 15) is 4.79 Å². The summed E-state index contributed by atoms with van der Waals surface area (Å²) in [6.45, 7) is 11.8. The molecule has 0 bridgehead atoms. The quantitative estimate of drug-likeness (QED) is 0.876. The molecule has 0 heterocycles. The summed E-state index contributed by atoms with van der Waals surface area (Å²) in [7, 11) is 0. The summed E-state index contributed by atoms with van der Waals surface area (Å²) in [6, 6.07) is 4.44. The van der Waals surface area contributed by atoms with Crippen molar-refractivity contribution < 1.29 is 4.79 Å². The Morgan fingerprint density at radius 2 is 1.74 bits per heavy atom. The minimum absolute atomic E-state index is 0.0150. The zero-order valence-electron chi connectivity index (χ0n) is 12.8. The average molecular weight is 262 g/mol. The Kier molecular flexibility index (Phi) is 5.12. The minimum atomic E-state index is 0.0150. The molecule has 0 radical (unpaired) electrons. The molecule has 0 aliphatic carbocycles. The third-order valence-electron chi connectivity index (χ3n) is 3.40. The van der Waals surface area contributed by atoms with Crippen molar-refractivity contribution in [2.75, 3.05) is 6.54 Å². The fourth-order valence-electron chi connectivity index (χ4n) is 2.11. The molecule has 3 nitrogen and oxygen atoms in total. The zero-order valence-corrected chi connectivity index (χ0v) is 12.8. The molecule has 106 valence electrons. The minimum Gasteiger partial charge on any atom is -0.352 e. The SMILES string of the molecule is Cc1cc(C(C)(C)C)cc(C)c1CNC(=O)CCN. The lowest BCUT2D eigenvalue weighted by molar-refractivity contribution is -0.121. The van der Waals surface area contributed by atoms with Gasteiger partial charge in [-0.1, -0.05) is 32.9 Å². The third-order valence-corrected chi connectivity index (χ3v) is 3.40. The van der Waals surface area contributed by atoms with Crippen LogP contribution in [0, 0.1) is 13.8 Å². The van der Waals surface area contributed by atoms with Crippen molar-refractivity contribution in [3.05, 3.63) is 34.4 Å². The summed E-state index contributed by atoms with van der Waals surface area (Å²) < 4.78 is 0. The van der Waals surface area contributed by atoms with Gasteiger partial charge < -0.3 is 11.1 Å². The molecular weight excluding hydrogens is 236 g/mol. The van der Waals surface area contributed by atoms with E-state index in [1.165, 1.54) is 22.3 Å². The first-order valence-electron chi connectivity index (χ1n) is 6.83. The number of rotatable bonds is 4. The number of carbonyl (C=O) groups is 1. The van der Waals surface area contributed by atoms with Crippen LogP contribution in [-0.2, 0) is 16.8 Å². The van der Waals surface area contributed by atoms with Crippen LogP contribution in [0.2, 0.25) is 0 Å². The van der Waals surface area contributed by atoms with Crippen LogP contribution in [0.5, 0.6) is 0 Å². The molecule has 1 aromatic carbocycles. The van der Waals surface area contributed by atoms with E-state index >= 15 is 0 Å². The first-order valence-corrected chi connectivity index (χ1v) is 6.83. The van der Waals surface area contributed by atoms with Crippen molar-refractivity contribution in [3.8, 4) is 0 Å². The van der Waals surface area contributed by atoms with Gasteiger partial charge in [-0.2, -0.15) is 0 Å². The fraction of sp³-hybridized carbons (Fsp3) is 0.562. The number of hydrogen-bond acceptors (Lipinski definition) is 2. The number of aryl methyl sites for hydroxylation is 2. The molecule has 0 spiro atoms. The predicted molar refractivity (Wildman–Crippen MR) is 80.1 cm³/mol. The average Bonchev–Trinajstić information content (AvgIpc) is 2.26. The molecule has 0 aliphatic heterocycles. The van der Waals surface area contributed by atoms with Gasteiger partial charge in [-0.3, -0.25) is 4.79 Å². The highest BCUT2D eigenvalue weighted by Crippen LogP contribution is 2.26. The summed E-state index contributed by atoms with van der Waals surface area (Å²) >= 11 is 0. The number of amides is 1.